The molecule has 0 aliphatic heterocycles. The smallest absolute Gasteiger partial charge is 0.307 e. The van der Waals surface area contributed by atoms with E-state index in [0.717, 1.165) is 6.26 Å². The van der Waals surface area contributed by atoms with E-state index in [-0.39, 0.29) is 26.1 Å². The molecule has 0 spiro atoms. The van der Waals surface area contributed by atoms with Gasteiger partial charge in [0.25, 0.3) is 0 Å². The lowest BCUT2D eigenvalue weighted by Gasteiger charge is -2.20. The van der Waals surface area contributed by atoms with Crippen molar-refractivity contribution in [3.8, 4) is 5.75 Å². The maximum atomic E-state index is 12.1. The summed E-state index contributed by atoms with van der Waals surface area (Å²) in [5.74, 6) is -0.495. The van der Waals surface area contributed by atoms with Crippen LogP contribution in [-0.4, -0.2) is 43.2 Å². The van der Waals surface area contributed by atoms with Crippen LogP contribution in [-0.2, 0) is 27.8 Å². The van der Waals surface area contributed by atoms with Gasteiger partial charge in [-0.1, -0.05) is 47.5 Å². The summed E-state index contributed by atoms with van der Waals surface area (Å²) < 4.78 is 31.0. The molecule has 0 fully saturated rings. The third-order valence-corrected chi connectivity index (χ3v) is 5.31. The first-order chi connectivity index (χ1) is 12.6. The van der Waals surface area contributed by atoms with Crippen molar-refractivity contribution in [2.45, 2.75) is 13.0 Å². The Hall–Kier alpha value is -1.80. The molecule has 0 saturated heterocycles. The van der Waals surface area contributed by atoms with E-state index in [0.29, 0.717) is 26.9 Å². The monoisotopic (exact) mass is 431 g/mol. The predicted molar refractivity (Wildman–Crippen MR) is 105 cm³/mol. The minimum atomic E-state index is -3.48. The van der Waals surface area contributed by atoms with E-state index in [1.54, 1.807) is 42.5 Å². The van der Waals surface area contributed by atoms with E-state index in [4.69, 9.17) is 33.0 Å². The molecule has 0 unspecified atom stereocenters. The first kappa shape index (κ1) is 21.5. The van der Waals surface area contributed by atoms with Crippen molar-refractivity contribution in [1.82, 2.24) is 4.31 Å². The lowest BCUT2D eigenvalue weighted by Crippen LogP contribution is -2.33. The molecule has 6 nitrogen and oxygen atoms in total. The van der Waals surface area contributed by atoms with Crippen molar-refractivity contribution in [3.05, 3.63) is 63.6 Å². The van der Waals surface area contributed by atoms with E-state index in [1.807, 2.05) is 0 Å². The average molecular weight is 432 g/mol. The van der Waals surface area contributed by atoms with Gasteiger partial charge in [-0.15, -0.1) is 0 Å². The molecule has 27 heavy (non-hydrogen) atoms. The van der Waals surface area contributed by atoms with Crippen LogP contribution in [0.25, 0.3) is 0 Å². The summed E-state index contributed by atoms with van der Waals surface area (Å²) in [5, 5.41) is 9.74. The highest BCUT2D eigenvalue weighted by molar-refractivity contribution is 7.88. The molecule has 0 aliphatic carbocycles. The van der Waals surface area contributed by atoms with Crippen LogP contribution in [0.4, 0.5) is 0 Å². The Morgan fingerprint density at radius 2 is 1.74 bits per heavy atom. The van der Waals surface area contributed by atoms with E-state index in [9.17, 15) is 13.2 Å². The minimum Gasteiger partial charge on any atom is -0.492 e. The number of carboxylic acids is 1. The summed E-state index contributed by atoms with van der Waals surface area (Å²) in [6.45, 7) is 0.344. The second kappa shape index (κ2) is 9.41. The minimum absolute atomic E-state index is 0.110. The molecule has 0 atom stereocenters. The van der Waals surface area contributed by atoms with Crippen molar-refractivity contribution in [2.24, 2.45) is 0 Å². The van der Waals surface area contributed by atoms with E-state index < -0.39 is 16.0 Å². The molecule has 0 aromatic heterocycles. The largest absolute Gasteiger partial charge is 0.492 e. The van der Waals surface area contributed by atoms with Gasteiger partial charge in [0.2, 0.25) is 10.0 Å². The van der Waals surface area contributed by atoms with Crippen molar-refractivity contribution < 1.29 is 23.1 Å². The van der Waals surface area contributed by atoms with Gasteiger partial charge in [0.15, 0.2) is 0 Å². The Labute approximate surface area is 168 Å². The normalized spacial score (nSPS) is 11.6. The van der Waals surface area contributed by atoms with Crippen molar-refractivity contribution in [1.29, 1.82) is 0 Å². The third-order valence-electron chi connectivity index (χ3n) is 3.62. The Morgan fingerprint density at radius 1 is 1.11 bits per heavy atom. The molecular formula is C18H19Cl2NO5S. The SMILES string of the molecule is CS(=O)(=O)N(CCOc1cc(Cl)cc(Cl)c1)Cc1cccc(CC(=O)O)c1. The van der Waals surface area contributed by atoms with Gasteiger partial charge in [-0.25, -0.2) is 8.42 Å². The molecule has 0 saturated carbocycles. The van der Waals surface area contributed by atoms with Gasteiger partial charge in [0.1, 0.15) is 12.4 Å². The van der Waals surface area contributed by atoms with Crippen LogP contribution in [0.3, 0.4) is 0 Å². The molecule has 2 aromatic rings. The summed E-state index contributed by atoms with van der Waals surface area (Å²) in [6, 6.07) is 11.6. The molecule has 2 rings (SSSR count). The second-order valence-electron chi connectivity index (χ2n) is 5.94. The van der Waals surface area contributed by atoms with Crippen molar-refractivity contribution in [2.75, 3.05) is 19.4 Å². The highest BCUT2D eigenvalue weighted by Gasteiger charge is 2.17. The van der Waals surface area contributed by atoms with Crippen LogP contribution in [0.5, 0.6) is 5.75 Å². The summed E-state index contributed by atoms with van der Waals surface area (Å²) in [7, 11) is -3.48. The third kappa shape index (κ3) is 7.38. The summed E-state index contributed by atoms with van der Waals surface area (Å²) >= 11 is 11.8. The first-order valence-electron chi connectivity index (χ1n) is 7.97. The van der Waals surface area contributed by atoms with Gasteiger partial charge in [0.05, 0.1) is 12.7 Å². The number of halogens is 2. The standard InChI is InChI=1S/C18H19Cl2NO5S/c1-27(24,25)21(5-6-26-17-10-15(19)9-16(20)11-17)12-14-4-2-3-13(7-14)8-18(22)23/h2-4,7,9-11H,5-6,8,12H2,1H3,(H,22,23). The number of nitrogens with zero attached hydrogens (tertiary/aromatic N) is 1. The van der Waals surface area contributed by atoms with Crippen molar-refractivity contribution >= 4 is 39.2 Å². The highest BCUT2D eigenvalue weighted by Crippen LogP contribution is 2.24. The number of hydrogen-bond donors (Lipinski definition) is 1. The maximum Gasteiger partial charge on any atom is 0.307 e. The lowest BCUT2D eigenvalue weighted by atomic mass is 10.1. The lowest BCUT2D eigenvalue weighted by molar-refractivity contribution is -0.136. The number of benzene rings is 2. The summed E-state index contributed by atoms with van der Waals surface area (Å²) in [4.78, 5) is 10.8. The molecule has 1 N–H and O–H groups in total. The van der Waals surface area contributed by atoms with Gasteiger partial charge < -0.3 is 9.84 Å². The van der Waals surface area contributed by atoms with Gasteiger partial charge >= 0.3 is 5.97 Å². The van der Waals surface area contributed by atoms with E-state index in [1.165, 1.54) is 4.31 Å². The highest BCUT2D eigenvalue weighted by atomic mass is 35.5. The van der Waals surface area contributed by atoms with Crippen LogP contribution in [0.15, 0.2) is 42.5 Å². The number of aliphatic carboxylic acids is 1. The number of rotatable bonds is 9. The summed E-state index contributed by atoms with van der Waals surface area (Å²) in [5.41, 5.74) is 1.31. The molecule has 0 aliphatic rings. The molecule has 0 heterocycles. The first-order valence-corrected chi connectivity index (χ1v) is 10.6. The molecule has 0 radical (unpaired) electrons. The van der Waals surface area contributed by atoms with Crippen molar-refractivity contribution in [3.63, 3.8) is 0 Å². The Bertz CT molecular complexity index is 897. The number of carboxylic acid groups (broad SMARTS) is 1. The zero-order valence-electron chi connectivity index (χ0n) is 14.6. The second-order valence-corrected chi connectivity index (χ2v) is 8.80. The molecule has 9 heteroatoms. The van der Waals surface area contributed by atoms with E-state index >= 15 is 0 Å². The van der Waals surface area contributed by atoms with Gasteiger partial charge in [0, 0.05) is 23.1 Å². The summed E-state index contributed by atoms with van der Waals surface area (Å²) in [6.07, 6.45) is 0.996. The Kier molecular flexibility index (Phi) is 7.49. The van der Waals surface area contributed by atoms with Crippen LogP contribution in [0.2, 0.25) is 10.0 Å². The molecule has 2 aromatic carbocycles. The fourth-order valence-electron chi connectivity index (χ4n) is 2.46. The van der Waals surface area contributed by atoms with Gasteiger partial charge in [-0.05, 0) is 29.3 Å². The fourth-order valence-corrected chi connectivity index (χ4v) is 3.75. The number of hydrogen-bond acceptors (Lipinski definition) is 4. The predicted octanol–water partition coefficient (Wildman–Crippen LogP) is 3.46. The average Bonchev–Trinajstić information content (AvgIpc) is 2.52. The number of sulfonamides is 1. The van der Waals surface area contributed by atoms with Crippen LogP contribution in [0, 0.1) is 0 Å². The topological polar surface area (TPSA) is 83.9 Å². The fraction of sp³-hybridized carbons (Fsp3) is 0.278. The maximum absolute atomic E-state index is 12.1. The zero-order chi connectivity index (χ0) is 20.0. The van der Waals surface area contributed by atoms with Crippen LogP contribution >= 0.6 is 23.2 Å². The van der Waals surface area contributed by atoms with Crippen LogP contribution in [0.1, 0.15) is 11.1 Å². The molecule has 0 bridgehead atoms. The molecular weight excluding hydrogens is 413 g/mol. The van der Waals surface area contributed by atoms with E-state index in [2.05, 4.69) is 0 Å². The molecule has 146 valence electrons. The Morgan fingerprint density at radius 3 is 2.33 bits per heavy atom. The number of ether oxygens (including phenoxy) is 1. The molecule has 0 amide bonds. The van der Waals surface area contributed by atoms with Gasteiger partial charge in [-0.3, -0.25) is 4.79 Å². The zero-order valence-corrected chi connectivity index (χ0v) is 16.9. The van der Waals surface area contributed by atoms with Gasteiger partial charge in [-0.2, -0.15) is 4.31 Å². The Balaban J connectivity index is 2.04. The van der Waals surface area contributed by atoms with Crippen LogP contribution < -0.4 is 4.74 Å². The number of carbonyl (C=O) groups is 1. The quantitative estimate of drug-likeness (QED) is 0.656.